The third-order valence-electron chi connectivity index (χ3n) is 3.50. The van der Waals surface area contributed by atoms with E-state index in [4.69, 9.17) is 0 Å². The molecule has 0 bridgehead atoms. The molecular weight excluding hydrogens is 332 g/mol. The van der Waals surface area contributed by atoms with Crippen LogP contribution < -0.4 is 10.6 Å². The number of rotatable bonds is 5. The van der Waals surface area contributed by atoms with E-state index < -0.39 is 5.41 Å². The second-order valence-corrected chi connectivity index (χ2v) is 6.70. The second kappa shape index (κ2) is 7.07. The first kappa shape index (κ1) is 17.7. The highest BCUT2D eigenvalue weighted by Crippen LogP contribution is 2.26. The van der Waals surface area contributed by atoms with Crippen LogP contribution in [0.15, 0.2) is 22.7 Å². The number of benzene rings is 1. The molecule has 0 saturated carbocycles. The van der Waals surface area contributed by atoms with Crippen LogP contribution in [-0.2, 0) is 9.59 Å². The van der Waals surface area contributed by atoms with Crippen LogP contribution in [0.3, 0.4) is 0 Å². The molecule has 0 heterocycles. The molecule has 21 heavy (non-hydrogen) atoms. The molecular formula is C16H23BrN2O2. The van der Waals surface area contributed by atoms with Gasteiger partial charge >= 0.3 is 0 Å². The maximum absolute atomic E-state index is 12.4. The summed E-state index contributed by atoms with van der Waals surface area (Å²) in [4.78, 5) is 24.6. The van der Waals surface area contributed by atoms with E-state index >= 15 is 0 Å². The smallest absolute Gasteiger partial charge is 0.239 e. The van der Waals surface area contributed by atoms with Gasteiger partial charge in [0.15, 0.2) is 0 Å². The summed E-state index contributed by atoms with van der Waals surface area (Å²) < 4.78 is 0.800. The lowest BCUT2D eigenvalue weighted by molar-refractivity contribution is -0.138. The van der Waals surface area contributed by atoms with E-state index in [2.05, 4.69) is 26.6 Å². The Hall–Kier alpha value is -1.36. The second-order valence-electron chi connectivity index (χ2n) is 5.85. The molecule has 0 spiro atoms. The summed E-state index contributed by atoms with van der Waals surface area (Å²) in [7, 11) is 0. The highest BCUT2D eigenvalue weighted by molar-refractivity contribution is 9.10. The van der Waals surface area contributed by atoms with Crippen LogP contribution in [0.4, 0.5) is 5.69 Å². The Kier molecular flexibility index (Phi) is 5.96. The van der Waals surface area contributed by atoms with Crippen LogP contribution in [0, 0.1) is 12.3 Å². The van der Waals surface area contributed by atoms with Crippen molar-refractivity contribution in [1.82, 2.24) is 5.32 Å². The summed E-state index contributed by atoms with van der Waals surface area (Å²) >= 11 is 3.42. The maximum atomic E-state index is 12.4. The van der Waals surface area contributed by atoms with Gasteiger partial charge in [0.1, 0.15) is 5.41 Å². The average Bonchev–Trinajstić information content (AvgIpc) is 2.41. The first-order valence-corrected chi connectivity index (χ1v) is 7.86. The summed E-state index contributed by atoms with van der Waals surface area (Å²) in [5.74, 6) is -0.592. The lowest BCUT2D eigenvalue weighted by Crippen LogP contribution is -2.47. The Morgan fingerprint density at radius 1 is 1.29 bits per heavy atom. The van der Waals surface area contributed by atoms with Crippen molar-refractivity contribution in [2.24, 2.45) is 5.41 Å². The Balaban J connectivity index is 2.83. The van der Waals surface area contributed by atoms with Crippen molar-refractivity contribution < 1.29 is 9.59 Å². The van der Waals surface area contributed by atoms with Gasteiger partial charge in [0.25, 0.3) is 0 Å². The van der Waals surface area contributed by atoms with Crippen molar-refractivity contribution in [1.29, 1.82) is 0 Å². The van der Waals surface area contributed by atoms with Gasteiger partial charge in [-0.3, -0.25) is 9.59 Å². The van der Waals surface area contributed by atoms with Crippen LogP contribution >= 0.6 is 15.9 Å². The number of carbonyl (C=O) groups excluding carboxylic acids is 2. The van der Waals surface area contributed by atoms with Crippen molar-refractivity contribution >= 4 is 33.4 Å². The molecule has 5 heteroatoms. The van der Waals surface area contributed by atoms with Crippen LogP contribution in [0.5, 0.6) is 0 Å². The molecule has 4 nitrogen and oxygen atoms in total. The van der Waals surface area contributed by atoms with Gasteiger partial charge in [-0.1, -0.05) is 13.0 Å². The monoisotopic (exact) mass is 354 g/mol. The zero-order valence-corrected chi connectivity index (χ0v) is 14.8. The molecule has 2 amide bonds. The first-order chi connectivity index (χ1) is 9.68. The molecule has 1 aromatic carbocycles. The van der Waals surface area contributed by atoms with Gasteiger partial charge in [0.2, 0.25) is 11.8 Å². The van der Waals surface area contributed by atoms with Crippen molar-refractivity contribution in [3.8, 4) is 0 Å². The molecule has 0 aliphatic rings. The van der Waals surface area contributed by atoms with Gasteiger partial charge in [-0.25, -0.2) is 0 Å². The van der Waals surface area contributed by atoms with E-state index in [9.17, 15) is 9.59 Å². The van der Waals surface area contributed by atoms with Crippen molar-refractivity contribution in [2.45, 2.75) is 47.1 Å². The van der Waals surface area contributed by atoms with Gasteiger partial charge in [-0.05, 0) is 67.7 Å². The lowest BCUT2D eigenvalue weighted by atomic mass is 9.90. The van der Waals surface area contributed by atoms with Crippen LogP contribution in [0.2, 0.25) is 0 Å². The summed E-state index contributed by atoms with van der Waals surface area (Å²) in [6, 6.07) is 5.70. The lowest BCUT2D eigenvalue weighted by Gasteiger charge is -2.25. The summed E-state index contributed by atoms with van der Waals surface area (Å²) in [6.07, 6.45) is 0.826. The Morgan fingerprint density at radius 3 is 2.43 bits per heavy atom. The predicted octanol–water partition coefficient (Wildman–Crippen LogP) is 3.64. The standard InChI is InChI=1S/C16H23BrN2O2/c1-6-11(3)18-14(20)16(4,5)15(21)19-13-8-7-10(2)9-12(13)17/h7-9,11H,6H2,1-5H3,(H,18,20)(H,19,21). The van der Waals surface area contributed by atoms with E-state index in [0.29, 0.717) is 5.69 Å². The van der Waals surface area contributed by atoms with Crippen molar-refractivity contribution in [2.75, 3.05) is 5.32 Å². The normalized spacial score (nSPS) is 12.7. The van der Waals surface area contributed by atoms with Crippen LogP contribution in [-0.4, -0.2) is 17.9 Å². The molecule has 0 saturated heterocycles. The molecule has 0 fully saturated rings. The fraction of sp³-hybridized carbons (Fsp3) is 0.500. The molecule has 1 rings (SSSR count). The van der Waals surface area contributed by atoms with E-state index in [1.165, 1.54) is 0 Å². The van der Waals surface area contributed by atoms with Gasteiger partial charge in [0, 0.05) is 10.5 Å². The van der Waals surface area contributed by atoms with E-state index in [-0.39, 0.29) is 17.9 Å². The minimum absolute atomic E-state index is 0.0516. The highest BCUT2D eigenvalue weighted by Gasteiger charge is 2.36. The molecule has 0 aromatic heterocycles. The molecule has 1 aromatic rings. The number of amides is 2. The van der Waals surface area contributed by atoms with Gasteiger partial charge < -0.3 is 10.6 Å². The SMILES string of the molecule is CCC(C)NC(=O)C(C)(C)C(=O)Nc1ccc(C)cc1Br. The minimum Gasteiger partial charge on any atom is -0.353 e. The highest BCUT2D eigenvalue weighted by atomic mass is 79.9. The zero-order chi connectivity index (χ0) is 16.2. The Bertz CT molecular complexity index is 541. The van der Waals surface area contributed by atoms with Crippen molar-refractivity contribution in [3.63, 3.8) is 0 Å². The molecule has 0 aliphatic carbocycles. The predicted molar refractivity (Wildman–Crippen MR) is 89.2 cm³/mol. The third kappa shape index (κ3) is 4.56. The van der Waals surface area contributed by atoms with Gasteiger partial charge in [0.05, 0.1) is 5.69 Å². The van der Waals surface area contributed by atoms with E-state index in [1.807, 2.05) is 39.0 Å². The molecule has 1 atom stereocenters. The number of aryl methyl sites for hydroxylation is 1. The summed E-state index contributed by atoms with van der Waals surface area (Å²) in [6.45, 7) is 9.13. The topological polar surface area (TPSA) is 58.2 Å². The number of anilines is 1. The fourth-order valence-electron chi connectivity index (χ4n) is 1.61. The first-order valence-electron chi connectivity index (χ1n) is 7.07. The summed E-state index contributed by atoms with van der Waals surface area (Å²) in [5.41, 5.74) is 0.622. The molecule has 0 radical (unpaired) electrons. The largest absolute Gasteiger partial charge is 0.353 e. The number of carbonyl (C=O) groups is 2. The Labute approximate surface area is 134 Å². The third-order valence-corrected chi connectivity index (χ3v) is 4.15. The van der Waals surface area contributed by atoms with Crippen LogP contribution in [0.25, 0.3) is 0 Å². The summed E-state index contributed by atoms with van der Waals surface area (Å²) in [5, 5.41) is 5.65. The molecule has 1 unspecified atom stereocenters. The average molecular weight is 355 g/mol. The zero-order valence-electron chi connectivity index (χ0n) is 13.2. The number of nitrogens with one attached hydrogen (secondary N) is 2. The molecule has 0 aliphatic heterocycles. The number of hydrogen-bond donors (Lipinski definition) is 2. The van der Waals surface area contributed by atoms with E-state index in [1.54, 1.807) is 13.8 Å². The van der Waals surface area contributed by atoms with E-state index in [0.717, 1.165) is 16.5 Å². The van der Waals surface area contributed by atoms with Crippen molar-refractivity contribution in [3.05, 3.63) is 28.2 Å². The number of halogens is 1. The Morgan fingerprint density at radius 2 is 1.90 bits per heavy atom. The van der Waals surface area contributed by atoms with Crippen LogP contribution in [0.1, 0.15) is 39.7 Å². The quantitative estimate of drug-likeness (QED) is 0.793. The molecule has 2 N–H and O–H groups in total. The van der Waals surface area contributed by atoms with Gasteiger partial charge in [-0.2, -0.15) is 0 Å². The van der Waals surface area contributed by atoms with Gasteiger partial charge in [-0.15, -0.1) is 0 Å². The number of hydrogen-bond acceptors (Lipinski definition) is 2. The minimum atomic E-state index is -1.13. The maximum Gasteiger partial charge on any atom is 0.239 e. The molecule has 116 valence electrons. The fourth-order valence-corrected chi connectivity index (χ4v) is 2.20.